The first-order valence-corrected chi connectivity index (χ1v) is 5.28. The highest BCUT2D eigenvalue weighted by molar-refractivity contribution is 7.89. The SMILES string of the molecule is O=S1(=O)CCN2CN=CC=C2N1. The molecule has 0 aromatic rings. The first-order chi connectivity index (χ1) is 5.67. The van der Waals surface area contributed by atoms with Crippen LogP contribution in [-0.4, -0.2) is 38.5 Å². The Morgan fingerprint density at radius 1 is 1.58 bits per heavy atom. The van der Waals surface area contributed by atoms with Gasteiger partial charge in [-0.15, -0.1) is 0 Å². The number of rotatable bonds is 0. The third-order valence-electron chi connectivity index (χ3n) is 1.82. The van der Waals surface area contributed by atoms with E-state index in [0.29, 0.717) is 19.0 Å². The van der Waals surface area contributed by atoms with Crippen LogP contribution < -0.4 is 4.72 Å². The summed E-state index contributed by atoms with van der Waals surface area (Å²) < 4.78 is 24.6. The number of nitrogens with one attached hydrogen (secondary N) is 1. The Kier molecular flexibility index (Phi) is 1.57. The summed E-state index contributed by atoms with van der Waals surface area (Å²) in [5.41, 5.74) is 0. The highest BCUT2D eigenvalue weighted by Gasteiger charge is 2.24. The monoisotopic (exact) mass is 187 g/mol. The maximum atomic E-state index is 11.1. The Bertz CT molecular complexity index is 344. The minimum Gasteiger partial charge on any atom is -0.337 e. The molecular weight excluding hydrogens is 178 g/mol. The molecule has 0 amide bonds. The van der Waals surface area contributed by atoms with E-state index < -0.39 is 10.0 Å². The lowest BCUT2D eigenvalue weighted by Gasteiger charge is -2.31. The molecule has 5 nitrogen and oxygen atoms in total. The Hall–Kier alpha value is -1.04. The molecule has 1 saturated heterocycles. The molecule has 2 aliphatic rings. The molecule has 12 heavy (non-hydrogen) atoms. The lowest BCUT2D eigenvalue weighted by atomic mass is 10.4. The zero-order valence-corrected chi connectivity index (χ0v) is 7.21. The van der Waals surface area contributed by atoms with E-state index in [1.54, 1.807) is 12.3 Å². The highest BCUT2D eigenvalue weighted by Crippen LogP contribution is 2.11. The van der Waals surface area contributed by atoms with Crippen LogP contribution in [0.3, 0.4) is 0 Å². The van der Waals surface area contributed by atoms with E-state index in [2.05, 4.69) is 9.71 Å². The molecule has 2 aliphatic heterocycles. The normalized spacial score (nSPS) is 25.7. The average Bonchev–Trinajstić information content (AvgIpc) is 2.02. The number of aliphatic imine (C=N–C) groups is 1. The van der Waals surface area contributed by atoms with E-state index in [0.717, 1.165) is 0 Å². The van der Waals surface area contributed by atoms with E-state index in [-0.39, 0.29) is 5.75 Å². The minimum atomic E-state index is -3.07. The van der Waals surface area contributed by atoms with Crippen molar-refractivity contribution in [1.29, 1.82) is 0 Å². The fraction of sp³-hybridized carbons (Fsp3) is 0.500. The summed E-state index contributed by atoms with van der Waals surface area (Å²) in [4.78, 5) is 5.89. The van der Waals surface area contributed by atoms with Crippen LogP contribution in [0.25, 0.3) is 0 Å². The van der Waals surface area contributed by atoms with Gasteiger partial charge in [0, 0.05) is 12.8 Å². The molecule has 0 radical (unpaired) electrons. The fourth-order valence-corrected chi connectivity index (χ4v) is 2.26. The van der Waals surface area contributed by atoms with Crippen LogP contribution >= 0.6 is 0 Å². The maximum absolute atomic E-state index is 11.1. The Balaban J connectivity index is 2.27. The summed E-state index contributed by atoms with van der Waals surface area (Å²) in [6.45, 7) is 1.08. The molecule has 0 saturated carbocycles. The largest absolute Gasteiger partial charge is 0.337 e. The van der Waals surface area contributed by atoms with Gasteiger partial charge >= 0.3 is 0 Å². The van der Waals surface area contributed by atoms with Crippen molar-refractivity contribution >= 4 is 16.2 Å². The van der Waals surface area contributed by atoms with Gasteiger partial charge in [-0.25, -0.2) is 8.42 Å². The smallest absolute Gasteiger partial charge is 0.235 e. The molecule has 2 rings (SSSR count). The molecule has 0 spiro atoms. The van der Waals surface area contributed by atoms with Crippen molar-refractivity contribution in [3.8, 4) is 0 Å². The van der Waals surface area contributed by atoms with Crippen molar-refractivity contribution < 1.29 is 8.42 Å². The quantitative estimate of drug-likeness (QED) is 0.535. The van der Waals surface area contributed by atoms with Crippen molar-refractivity contribution in [2.24, 2.45) is 4.99 Å². The van der Waals surface area contributed by atoms with Crippen molar-refractivity contribution in [3.63, 3.8) is 0 Å². The minimum absolute atomic E-state index is 0.153. The molecule has 6 heteroatoms. The third-order valence-corrected chi connectivity index (χ3v) is 3.06. The molecular formula is C6H9N3O2S. The molecule has 1 N–H and O–H groups in total. The topological polar surface area (TPSA) is 61.8 Å². The second-order valence-corrected chi connectivity index (χ2v) is 4.55. The van der Waals surface area contributed by atoms with E-state index in [4.69, 9.17) is 0 Å². The zero-order valence-electron chi connectivity index (χ0n) is 6.40. The second kappa shape index (κ2) is 2.48. The van der Waals surface area contributed by atoms with E-state index in [9.17, 15) is 8.42 Å². The van der Waals surface area contributed by atoms with Crippen LogP contribution in [0.4, 0.5) is 0 Å². The number of allylic oxidation sites excluding steroid dienone is 1. The predicted molar refractivity (Wildman–Crippen MR) is 45.1 cm³/mol. The Morgan fingerprint density at radius 2 is 2.42 bits per heavy atom. The van der Waals surface area contributed by atoms with Crippen LogP contribution in [-0.2, 0) is 10.0 Å². The summed E-state index contributed by atoms with van der Waals surface area (Å²) in [5.74, 6) is 0.788. The van der Waals surface area contributed by atoms with Gasteiger partial charge in [0.2, 0.25) is 10.0 Å². The van der Waals surface area contributed by atoms with Gasteiger partial charge in [0.05, 0.1) is 5.75 Å². The van der Waals surface area contributed by atoms with Gasteiger partial charge in [0.1, 0.15) is 12.5 Å². The van der Waals surface area contributed by atoms with E-state index >= 15 is 0 Å². The Morgan fingerprint density at radius 3 is 3.25 bits per heavy atom. The Labute approximate surface area is 70.8 Å². The standard InChI is InChI=1S/C6H9N3O2S/c10-12(11)4-3-9-5-7-2-1-6(9)8-12/h1-2,8H,3-5H2. The fourth-order valence-electron chi connectivity index (χ4n) is 1.18. The summed E-state index contributed by atoms with van der Waals surface area (Å²) in [6.07, 6.45) is 3.28. The van der Waals surface area contributed by atoms with Crippen molar-refractivity contribution in [3.05, 3.63) is 11.9 Å². The first-order valence-electron chi connectivity index (χ1n) is 3.63. The van der Waals surface area contributed by atoms with Gasteiger partial charge in [-0.05, 0) is 6.08 Å². The van der Waals surface area contributed by atoms with Gasteiger partial charge in [0.15, 0.2) is 0 Å². The van der Waals surface area contributed by atoms with Crippen LogP contribution in [0, 0.1) is 0 Å². The first kappa shape index (κ1) is 7.60. The number of fused-ring (bicyclic) bond motifs is 1. The molecule has 1 fully saturated rings. The van der Waals surface area contributed by atoms with Gasteiger partial charge < -0.3 is 4.90 Å². The lowest BCUT2D eigenvalue weighted by molar-refractivity contribution is 0.345. The van der Waals surface area contributed by atoms with Gasteiger partial charge in [-0.2, -0.15) is 0 Å². The summed E-state index contributed by atoms with van der Waals surface area (Å²) in [7, 11) is -3.07. The average molecular weight is 187 g/mol. The van der Waals surface area contributed by atoms with Crippen molar-refractivity contribution in [1.82, 2.24) is 9.62 Å². The van der Waals surface area contributed by atoms with Gasteiger partial charge in [-0.3, -0.25) is 9.71 Å². The maximum Gasteiger partial charge on any atom is 0.235 e. The molecule has 0 aromatic carbocycles. The lowest BCUT2D eigenvalue weighted by Crippen LogP contribution is -2.46. The van der Waals surface area contributed by atoms with E-state index in [1.165, 1.54) is 0 Å². The molecule has 2 heterocycles. The number of hydrogen-bond acceptors (Lipinski definition) is 4. The summed E-state index contributed by atoms with van der Waals surface area (Å²) in [5, 5.41) is 0. The van der Waals surface area contributed by atoms with Crippen LogP contribution in [0.15, 0.2) is 16.9 Å². The molecule has 0 aromatic heterocycles. The number of hydrogen-bond donors (Lipinski definition) is 1. The van der Waals surface area contributed by atoms with Crippen molar-refractivity contribution in [2.75, 3.05) is 19.0 Å². The van der Waals surface area contributed by atoms with Crippen LogP contribution in [0.5, 0.6) is 0 Å². The van der Waals surface area contributed by atoms with E-state index in [1.807, 2.05) is 4.90 Å². The van der Waals surface area contributed by atoms with Crippen molar-refractivity contribution in [2.45, 2.75) is 0 Å². The number of nitrogens with zero attached hydrogens (tertiary/aromatic N) is 2. The summed E-state index contributed by atoms with van der Waals surface area (Å²) >= 11 is 0. The molecule has 0 unspecified atom stereocenters. The zero-order chi connectivity index (χ0) is 8.60. The van der Waals surface area contributed by atoms with Gasteiger partial charge in [0.25, 0.3) is 0 Å². The predicted octanol–water partition coefficient (Wildman–Crippen LogP) is -0.895. The molecule has 66 valence electrons. The van der Waals surface area contributed by atoms with Crippen LogP contribution in [0.1, 0.15) is 0 Å². The third kappa shape index (κ3) is 1.29. The highest BCUT2D eigenvalue weighted by atomic mass is 32.2. The second-order valence-electron chi connectivity index (χ2n) is 2.71. The van der Waals surface area contributed by atoms with Gasteiger partial charge in [-0.1, -0.05) is 0 Å². The number of sulfonamides is 1. The molecule has 0 atom stereocenters. The summed E-state index contributed by atoms with van der Waals surface area (Å²) in [6, 6.07) is 0. The van der Waals surface area contributed by atoms with Crippen LogP contribution in [0.2, 0.25) is 0 Å². The molecule has 0 bridgehead atoms. The molecule has 0 aliphatic carbocycles.